The number of aromatic nitrogens is 2. The van der Waals surface area contributed by atoms with Gasteiger partial charge in [0, 0.05) is 32.4 Å². The third-order valence-electron chi connectivity index (χ3n) is 4.21. The fraction of sp³-hybridized carbons (Fsp3) is 0.353. The van der Waals surface area contributed by atoms with Crippen LogP contribution in [0.2, 0.25) is 20.1 Å². The van der Waals surface area contributed by atoms with Gasteiger partial charge in [0.25, 0.3) is 0 Å². The second-order valence-electron chi connectivity index (χ2n) is 6.09. The van der Waals surface area contributed by atoms with E-state index in [1.54, 1.807) is 6.20 Å². The van der Waals surface area contributed by atoms with E-state index in [9.17, 15) is 4.79 Å². The van der Waals surface area contributed by atoms with Crippen LogP contribution in [0, 0.1) is 0 Å². The summed E-state index contributed by atoms with van der Waals surface area (Å²) in [6.45, 7) is 3.35. The maximum absolute atomic E-state index is 12.5. The topological polar surface area (TPSA) is 61.4 Å². The van der Waals surface area contributed by atoms with Crippen LogP contribution >= 0.6 is 46.4 Å². The van der Waals surface area contributed by atoms with Crippen LogP contribution in [-0.4, -0.2) is 53.7 Å². The van der Waals surface area contributed by atoms with Gasteiger partial charge in [-0.15, -0.1) is 5.10 Å². The maximum Gasteiger partial charge on any atom is 0.238 e. The predicted molar refractivity (Wildman–Crippen MR) is 110 cm³/mol. The van der Waals surface area contributed by atoms with E-state index >= 15 is 0 Å². The van der Waals surface area contributed by atoms with Gasteiger partial charge in [0.1, 0.15) is 0 Å². The van der Waals surface area contributed by atoms with E-state index in [-0.39, 0.29) is 38.2 Å². The number of hydrogen-bond acceptors (Lipinski definition) is 5. The zero-order chi connectivity index (χ0) is 19.4. The lowest BCUT2D eigenvalue weighted by molar-refractivity contribution is -0.117. The first kappa shape index (κ1) is 20.4. The Labute approximate surface area is 177 Å². The number of nitrogens with one attached hydrogen (secondary N) is 1. The van der Waals surface area contributed by atoms with Crippen molar-refractivity contribution < 1.29 is 4.79 Å². The third-order valence-corrected chi connectivity index (χ3v) is 5.79. The van der Waals surface area contributed by atoms with Crippen molar-refractivity contribution in [2.24, 2.45) is 0 Å². The van der Waals surface area contributed by atoms with Crippen molar-refractivity contribution in [3.05, 3.63) is 44.5 Å². The Kier molecular flexibility index (Phi) is 7.00. The Morgan fingerprint density at radius 2 is 1.81 bits per heavy atom. The highest BCUT2D eigenvalue weighted by Gasteiger charge is 2.20. The van der Waals surface area contributed by atoms with Gasteiger partial charge in [0.2, 0.25) is 5.91 Å². The van der Waals surface area contributed by atoms with Crippen molar-refractivity contribution in [1.82, 2.24) is 15.1 Å². The Bertz CT molecular complexity index is 794. The molecule has 1 aliphatic rings. The number of carbonyl (C=O) groups is 1. The molecular formula is C17H17Cl4N5O. The van der Waals surface area contributed by atoms with Crippen LogP contribution in [0.3, 0.4) is 0 Å². The van der Waals surface area contributed by atoms with Gasteiger partial charge in [-0.25, -0.2) is 0 Å². The van der Waals surface area contributed by atoms with Gasteiger partial charge in [-0.1, -0.05) is 46.4 Å². The third kappa shape index (κ3) is 5.15. The van der Waals surface area contributed by atoms with E-state index in [1.807, 2.05) is 12.1 Å². The first-order valence-electron chi connectivity index (χ1n) is 8.33. The van der Waals surface area contributed by atoms with Gasteiger partial charge < -0.3 is 10.2 Å². The van der Waals surface area contributed by atoms with E-state index in [1.165, 1.54) is 6.07 Å². The number of amides is 1. The summed E-state index contributed by atoms with van der Waals surface area (Å²) in [4.78, 5) is 16.7. The molecular weight excluding hydrogens is 432 g/mol. The quantitative estimate of drug-likeness (QED) is 0.708. The molecule has 1 aliphatic heterocycles. The SMILES string of the molecule is O=C(CN1CCCN(c2cccnn2)CC1)Nc1c(Cl)c(Cl)cc(Cl)c1Cl. The van der Waals surface area contributed by atoms with E-state index in [0.717, 1.165) is 38.4 Å². The van der Waals surface area contributed by atoms with Crippen LogP contribution in [-0.2, 0) is 4.79 Å². The molecule has 0 unspecified atom stereocenters. The van der Waals surface area contributed by atoms with Crippen LogP contribution in [0.15, 0.2) is 24.4 Å². The summed E-state index contributed by atoms with van der Waals surface area (Å²) in [7, 11) is 0. The van der Waals surface area contributed by atoms with Crippen LogP contribution < -0.4 is 10.2 Å². The summed E-state index contributed by atoms with van der Waals surface area (Å²) in [6, 6.07) is 5.24. The fourth-order valence-electron chi connectivity index (χ4n) is 2.89. The monoisotopic (exact) mass is 447 g/mol. The second kappa shape index (κ2) is 9.26. The van der Waals surface area contributed by atoms with Gasteiger partial charge in [0.05, 0.1) is 32.3 Å². The lowest BCUT2D eigenvalue weighted by Crippen LogP contribution is -2.36. The van der Waals surface area contributed by atoms with E-state index in [2.05, 4.69) is 25.3 Å². The highest BCUT2D eigenvalue weighted by atomic mass is 35.5. The van der Waals surface area contributed by atoms with Crippen LogP contribution in [0.1, 0.15) is 6.42 Å². The average Bonchev–Trinajstić information content (AvgIpc) is 2.90. The van der Waals surface area contributed by atoms with Crippen molar-refractivity contribution in [2.75, 3.05) is 42.9 Å². The molecule has 1 aromatic heterocycles. The molecule has 0 atom stereocenters. The summed E-state index contributed by atoms with van der Waals surface area (Å²) in [6.07, 6.45) is 2.56. The molecule has 6 nitrogen and oxygen atoms in total. The largest absolute Gasteiger partial charge is 0.354 e. The van der Waals surface area contributed by atoms with Crippen LogP contribution in [0.25, 0.3) is 0 Å². The number of hydrogen-bond donors (Lipinski definition) is 1. The van der Waals surface area contributed by atoms with Crippen molar-refractivity contribution in [3.63, 3.8) is 0 Å². The second-order valence-corrected chi connectivity index (χ2v) is 7.66. The Balaban J connectivity index is 1.61. The Morgan fingerprint density at radius 1 is 1.07 bits per heavy atom. The molecule has 0 saturated carbocycles. The molecule has 1 aromatic carbocycles. The van der Waals surface area contributed by atoms with Crippen molar-refractivity contribution >= 4 is 63.8 Å². The molecule has 0 bridgehead atoms. The zero-order valence-corrected chi connectivity index (χ0v) is 17.3. The summed E-state index contributed by atoms with van der Waals surface area (Å²) < 4.78 is 0. The summed E-state index contributed by atoms with van der Waals surface area (Å²) in [5, 5.41) is 11.6. The van der Waals surface area contributed by atoms with E-state index in [0.29, 0.717) is 0 Å². The van der Waals surface area contributed by atoms with Gasteiger partial charge in [-0.2, -0.15) is 5.10 Å². The van der Waals surface area contributed by atoms with Gasteiger partial charge >= 0.3 is 0 Å². The number of nitrogens with zero attached hydrogens (tertiary/aromatic N) is 4. The first-order valence-corrected chi connectivity index (χ1v) is 9.84. The minimum Gasteiger partial charge on any atom is -0.354 e. The predicted octanol–water partition coefficient (Wildman–Crippen LogP) is 4.24. The molecule has 0 radical (unpaired) electrons. The van der Waals surface area contributed by atoms with Gasteiger partial charge in [-0.3, -0.25) is 9.69 Å². The standard InChI is InChI=1S/C17H17Cl4N5O/c18-11-9-12(19)16(21)17(15(11)20)23-14(27)10-25-5-2-6-26(8-7-25)13-3-1-4-22-24-13/h1,3-4,9H,2,5-8,10H2,(H,23,27). The molecule has 10 heteroatoms. The van der Waals surface area contributed by atoms with Crippen LogP contribution in [0.4, 0.5) is 11.5 Å². The minimum absolute atomic E-state index is 0.170. The highest BCUT2D eigenvalue weighted by molar-refractivity contribution is 6.50. The maximum atomic E-state index is 12.5. The molecule has 144 valence electrons. The fourth-order valence-corrected chi connectivity index (χ4v) is 3.79. The van der Waals surface area contributed by atoms with Crippen molar-refractivity contribution in [3.8, 4) is 0 Å². The molecule has 0 aliphatic carbocycles. The number of halogens is 4. The smallest absolute Gasteiger partial charge is 0.238 e. The van der Waals surface area contributed by atoms with Gasteiger partial charge in [0.15, 0.2) is 5.82 Å². The molecule has 3 rings (SSSR count). The lowest BCUT2D eigenvalue weighted by Gasteiger charge is -2.22. The van der Waals surface area contributed by atoms with Gasteiger partial charge in [-0.05, 0) is 24.6 Å². The zero-order valence-electron chi connectivity index (χ0n) is 14.3. The summed E-state index contributed by atoms with van der Waals surface area (Å²) in [5.74, 6) is 0.612. The average molecular weight is 449 g/mol. The van der Waals surface area contributed by atoms with E-state index < -0.39 is 0 Å². The number of carbonyl (C=O) groups excluding carboxylic acids is 1. The normalized spacial score (nSPS) is 15.5. The lowest BCUT2D eigenvalue weighted by atomic mass is 10.3. The summed E-state index contributed by atoms with van der Waals surface area (Å²) in [5.41, 5.74) is 0.233. The van der Waals surface area contributed by atoms with Crippen molar-refractivity contribution in [1.29, 1.82) is 0 Å². The van der Waals surface area contributed by atoms with Crippen LogP contribution in [0.5, 0.6) is 0 Å². The molecule has 27 heavy (non-hydrogen) atoms. The highest BCUT2D eigenvalue weighted by Crippen LogP contribution is 2.40. The Morgan fingerprint density at radius 3 is 2.48 bits per heavy atom. The van der Waals surface area contributed by atoms with E-state index in [4.69, 9.17) is 46.4 Å². The molecule has 1 fully saturated rings. The number of rotatable bonds is 4. The minimum atomic E-state index is -0.231. The summed E-state index contributed by atoms with van der Waals surface area (Å²) >= 11 is 24.3. The first-order chi connectivity index (χ1) is 13.0. The molecule has 1 amide bonds. The molecule has 1 saturated heterocycles. The number of benzene rings is 1. The molecule has 2 aromatic rings. The molecule has 2 heterocycles. The molecule has 0 spiro atoms. The number of anilines is 2. The molecule has 1 N–H and O–H groups in total. The Hall–Kier alpha value is -1.31. The van der Waals surface area contributed by atoms with Crippen molar-refractivity contribution in [2.45, 2.75) is 6.42 Å².